The SMILES string of the molecule is COc1ccc(N2CC(C(=O)NCCC3CCNC3)CC2=O)c(OC)c1.Cl. The fourth-order valence-corrected chi connectivity index (χ4v) is 3.63. The Morgan fingerprint density at radius 3 is 2.81 bits per heavy atom. The van der Waals surface area contributed by atoms with E-state index in [4.69, 9.17) is 9.47 Å². The van der Waals surface area contributed by atoms with Gasteiger partial charge in [-0.25, -0.2) is 0 Å². The van der Waals surface area contributed by atoms with Crippen molar-refractivity contribution in [2.45, 2.75) is 19.3 Å². The van der Waals surface area contributed by atoms with Gasteiger partial charge in [0.1, 0.15) is 11.5 Å². The monoisotopic (exact) mass is 397 g/mol. The van der Waals surface area contributed by atoms with Crippen molar-refractivity contribution in [1.82, 2.24) is 10.6 Å². The fraction of sp³-hybridized carbons (Fsp3) is 0.579. The number of rotatable bonds is 7. The van der Waals surface area contributed by atoms with Crippen LogP contribution in [0.4, 0.5) is 5.69 Å². The molecule has 2 heterocycles. The van der Waals surface area contributed by atoms with Crippen LogP contribution in [0, 0.1) is 11.8 Å². The second kappa shape index (κ2) is 9.80. The predicted molar refractivity (Wildman–Crippen MR) is 106 cm³/mol. The molecule has 0 saturated carbocycles. The summed E-state index contributed by atoms with van der Waals surface area (Å²) in [6.07, 6.45) is 2.38. The van der Waals surface area contributed by atoms with Crippen LogP contribution in [0.15, 0.2) is 18.2 Å². The van der Waals surface area contributed by atoms with Crippen LogP contribution in [0.1, 0.15) is 19.3 Å². The number of benzene rings is 1. The van der Waals surface area contributed by atoms with E-state index in [0.29, 0.717) is 36.2 Å². The van der Waals surface area contributed by atoms with Crippen LogP contribution in [0.2, 0.25) is 0 Å². The van der Waals surface area contributed by atoms with Gasteiger partial charge in [-0.3, -0.25) is 9.59 Å². The lowest BCUT2D eigenvalue weighted by molar-refractivity contribution is -0.126. The van der Waals surface area contributed by atoms with E-state index < -0.39 is 0 Å². The summed E-state index contributed by atoms with van der Waals surface area (Å²) >= 11 is 0. The largest absolute Gasteiger partial charge is 0.497 e. The first-order chi connectivity index (χ1) is 12.6. The summed E-state index contributed by atoms with van der Waals surface area (Å²) in [5.74, 6) is 1.44. The number of carbonyl (C=O) groups is 2. The van der Waals surface area contributed by atoms with E-state index in [2.05, 4.69) is 10.6 Å². The number of amides is 2. The maximum absolute atomic E-state index is 12.4. The van der Waals surface area contributed by atoms with Crippen LogP contribution in [0.5, 0.6) is 11.5 Å². The van der Waals surface area contributed by atoms with E-state index in [0.717, 1.165) is 19.5 Å². The van der Waals surface area contributed by atoms with Gasteiger partial charge in [-0.2, -0.15) is 0 Å². The number of hydrogen-bond donors (Lipinski definition) is 2. The Kier molecular flexibility index (Phi) is 7.74. The van der Waals surface area contributed by atoms with Gasteiger partial charge in [0.15, 0.2) is 0 Å². The lowest BCUT2D eigenvalue weighted by Crippen LogP contribution is -2.34. The molecule has 7 nitrogen and oxygen atoms in total. The number of carbonyl (C=O) groups excluding carboxylic acids is 2. The highest BCUT2D eigenvalue weighted by atomic mass is 35.5. The number of hydrogen-bond acceptors (Lipinski definition) is 5. The van der Waals surface area contributed by atoms with Crippen molar-refractivity contribution in [3.63, 3.8) is 0 Å². The molecule has 2 N–H and O–H groups in total. The molecule has 2 unspecified atom stereocenters. The molecule has 2 atom stereocenters. The molecule has 1 aromatic carbocycles. The standard InChI is InChI=1S/C19H27N3O4.ClH/c1-25-15-3-4-16(17(10-15)26-2)22-12-14(9-18(22)23)19(24)21-8-6-13-5-7-20-11-13;/h3-4,10,13-14,20H,5-9,11-12H2,1-2H3,(H,21,24);1H. The van der Waals surface area contributed by atoms with Crippen molar-refractivity contribution in [2.75, 3.05) is 45.3 Å². The quantitative estimate of drug-likeness (QED) is 0.730. The van der Waals surface area contributed by atoms with E-state index >= 15 is 0 Å². The lowest BCUT2D eigenvalue weighted by Gasteiger charge is -2.20. The number of anilines is 1. The fourth-order valence-electron chi connectivity index (χ4n) is 3.63. The summed E-state index contributed by atoms with van der Waals surface area (Å²) in [4.78, 5) is 26.5. The Morgan fingerprint density at radius 1 is 1.33 bits per heavy atom. The first kappa shape index (κ1) is 21.3. The minimum Gasteiger partial charge on any atom is -0.497 e. The van der Waals surface area contributed by atoms with Crippen molar-refractivity contribution >= 4 is 29.9 Å². The van der Waals surface area contributed by atoms with Crippen LogP contribution in [-0.2, 0) is 9.59 Å². The van der Waals surface area contributed by atoms with Gasteiger partial charge in [0.05, 0.1) is 25.8 Å². The summed E-state index contributed by atoms with van der Waals surface area (Å²) in [6.45, 7) is 3.14. The Morgan fingerprint density at radius 2 is 2.15 bits per heavy atom. The highest BCUT2D eigenvalue weighted by Crippen LogP contribution is 2.35. The molecule has 8 heteroatoms. The van der Waals surface area contributed by atoms with Crippen molar-refractivity contribution < 1.29 is 19.1 Å². The molecule has 2 aliphatic rings. The molecular formula is C19H28ClN3O4. The van der Waals surface area contributed by atoms with Gasteiger partial charge in [-0.05, 0) is 44.0 Å². The smallest absolute Gasteiger partial charge is 0.227 e. The van der Waals surface area contributed by atoms with Crippen LogP contribution in [0.3, 0.4) is 0 Å². The van der Waals surface area contributed by atoms with Gasteiger partial charge in [0.2, 0.25) is 11.8 Å². The Hall–Kier alpha value is -1.99. The van der Waals surface area contributed by atoms with Crippen LogP contribution in [0.25, 0.3) is 0 Å². The summed E-state index contributed by atoms with van der Waals surface area (Å²) in [6, 6.07) is 5.32. The molecule has 0 aliphatic carbocycles. The molecule has 2 amide bonds. The molecule has 2 saturated heterocycles. The molecule has 0 bridgehead atoms. The van der Waals surface area contributed by atoms with Crippen LogP contribution in [-0.4, -0.2) is 52.2 Å². The normalized spacial score (nSPS) is 21.7. The van der Waals surface area contributed by atoms with Gasteiger partial charge in [-0.15, -0.1) is 12.4 Å². The number of nitrogens with zero attached hydrogens (tertiary/aromatic N) is 1. The Balaban J connectivity index is 0.00000261. The first-order valence-corrected chi connectivity index (χ1v) is 9.13. The Bertz CT molecular complexity index is 664. The van der Waals surface area contributed by atoms with Crippen molar-refractivity contribution in [2.24, 2.45) is 11.8 Å². The predicted octanol–water partition coefficient (Wildman–Crippen LogP) is 1.59. The van der Waals surface area contributed by atoms with Gasteiger partial charge in [0, 0.05) is 25.6 Å². The summed E-state index contributed by atoms with van der Waals surface area (Å²) in [7, 11) is 3.14. The zero-order chi connectivity index (χ0) is 18.5. The maximum atomic E-state index is 12.4. The average molecular weight is 398 g/mol. The molecular weight excluding hydrogens is 370 g/mol. The van der Waals surface area contributed by atoms with Gasteiger partial charge in [-0.1, -0.05) is 0 Å². The van der Waals surface area contributed by atoms with E-state index in [1.54, 1.807) is 37.3 Å². The summed E-state index contributed by atoms with van der Waals surface area (Å²) in [5.41, 5.74) is 0.672. The molecule has 0 spiro atoms. The minimum atomic E-state index is -0.323. The molecule has 150 valence electrons. The number of nitrogens with one attached hydrogen (secondary N) is 2. The van der Waals surface area contributed by atoms with Crippen LogP contribution >= 0.6 is 12.4 Å². The topological polar surface area (TPSA) is 79.9 Å². The zero-order valence-corrected chi connectivity index (χ0v) is 16.6. The molecule has 0 aromatic heterocycles. The highest BCUT2D eigenvalue weighted by molar-refractivity contribution is 6.01. The van der Waals surface area contributed by atoms with Crippen molar-refractivity contribution in [3.05, 3.63) is 18.2 Å². The number of methoxy groups -OCH3 is 2. The van der Waals surface area contributed by atoms with Crippen molar-refractivity contribution in [1.29, 1.82) is 0 Å². The molecule has 0 radical (unpaired) electrons. The van der Waals surface area contributed by atoms with E-state index in [1.807, 2.05) is 0 Å². The average Bonchev–Trinajstić information content (AvgIpc) is 3.30. The summed E-state index contributed by atoms with van der Waals surface area (Å²) in [5, 5.41) is 6.32. The third-order valence-electron chi connectivity index (χ3n) is 5.19. The molecule has 2 fully saturated rings. The molecule has 1 aromatic rings. The molecule has 27 heavy (non-hydrogen) atoms. The van der Waals surface area contributed by atoms with Crippen molar-refractivity contribution in [3.8, 4) is 11.5 Å². The van der Waals surface area contributed by atoms with E-state index in [9.17, 15) is 9.59 Å². The summed E-state index contributed by atoms with van der Waals surface area (Å²) < 4.78 is 10.6. The molecule has 2 aliphatic heterocycles. The van der Waals surface area contributed by atoms with E-state index in [-0.39, 0.29) is 36.6 Å². The third-order valence-corrected chi connectivity index (χ3v) is 5.19. The Labute approximate surface area is 166 Å². The molecule has 3 rings (SSSR count). The van der Waals surface area contributed by atoms with Gasteiger partial charge in [0.25, 0.3) is 0 Å². The first-order valence-electron chi connectivity index (χ1n) is 9.13. The third kappa shape index (κ3) is 5.05. The van der Waals surface area contributed by atoms with Gasteiger partial charge >= 0.3 is 0 Å². The second-order valence-corrected chi connectivity index (χ2v) is 6.88. The second-order valence-electron chi connectivity index (χ2n) is 6.88. The van der Waals surface area contributed by atoms with E-state index in [1.165, 1.54) is 6.42 Å². The zero-order valence-electron chi connectivity index (χ0n) is 15.8. The van der Waals surface area contributed by atoms with Gasteiger partial charge < -0.3 is 25.0 Å². The number of ether oxygens (including phenoxy) is 2. The minimum absolute atomic E-state index is 0. The lowest BCUT2D eigenvalue weighted by atomic mass is 10.0. The highest BCUT2D eigenvalue weighted by Gasteiger charge is 2.36. The van der Waals surface area contributed by atoms with Crippen LogP contribution < -0.4 is 25.0 Å². The number of halogens is 1. The maximum Gasteiger partial charge on any atom is 0.227 e.